The normalized spacial score (nSPS) is 23.4. The maximum Gasteiger partial charge on any atom is 0.142 e. The minimum atomic E-state index is -0.317. The molecule has 1 aliphatic heterocycles. The number of ether oxygens (including phenoxy) is 1. The van der Waals surface area contributed by atoms with Gasteiger partial charge < -0.3 is 9.30 Å². The Morgan fingerprint density at radius 2 is 1.86 bits per heavy atom. The number of hydrogen-bond acceptors (Lipinski definition) is 2. The molecule has 22 heavy (non-hydrogen) atoms. The van der Waals surface area contributed by atoms with E-state index in [-0.39, 0.29) is 11.7 Å². The van der Waals surface area contributed by atoms with Crippen LogP contribution < -0.4 is 0 Å². The van der Waals surface area contributed by atoms with E-state index in [1.54, 1.807) is 6.20 Å². The Morgan fingerprint density at radius 1 is 1.09 bits per heavy atom. The maximum absolute atomic E-state index is 6.23. The highest BCUT2D eigenvalue weighted by Crippen LogP contribution is 2.58. The van der Waals surface area contributed by atoms with Gasteiger partial charge in [-0.15, -0.1) is 0 Å². The molecule has 0 spiro atoms. The Hall–Kier alpha value is -1.91. The van der Waals surface area contributed by atoms with Crippen molar-refractivity contribution < 1.29 is 4.74 Å². The Bertz CT molecular complexity index is 756. The van der Waals surface area contributed by atoms with Crippen LogP contribution in [0.3, 0.4) is 0 Å². The van der Waals surface area contributed by atoms with E-state index in [0.29, 0.717) is 0 Å². The molecule has 2 heterocycles. The van der Waals surface area contributed by atoms with Gasteiger partial charge in [-0.05, 0) is 23.3 Å². The first kappa shape index (κ1) is 13.7. The number of benzene rings is 2. The molecular weight excluding hydrogens is 340 g/mol. The number of epoxide rings is 1. The van der Waals surface area contributed by atoms with E-state index in [9.17, 15) is 0 Å². The molecule has 0 amide bonds. The van der Waals surface area contributed by atoms with E-state index in [1.807, 2.05) is 18.6 Å². The van der Waals surface area contributed by atoms with Crippen molar-refractivity contribution in [3.05, 3.63) is 88.9 Å². The van der Waals surface area contributed by atoms with E-state index in [2.05, 4.69) is 74.0 Å². The lowest BCUT2D eigenvalue weighted by Crippen LogP contribution is -2.18. The van der Waals surface area contributed by atoms with Gasteiger partial charge in [0.25, 0.3) is 0 Å². The van der Waals surface area contributed by atoms with Crippen molar-refractivity contribution in [3.8, 4) is 0 Å². The lowest BCUT2D eigenvalue weighted by molar-refractivity contribution is 0.270. The summed E-state index contributed by atoms with van der Waals surface area (Å²) in [7, 11) is 0. The van der Waals surface area contributed by atoms with E-state index < -0.39 is 0 Å². The summed E-state index contributed by atoms with van der Waals surface area (Å²) in [5.41, 5.74) is 2.09. The van der Waals surface area contributed by atoms with E-state index in [4.69, 9.17) is 4.74 Å². The second-order valence-corrected chi connectivity index (χ2v) is 6.46. The van der Waals surface area contributed by atoms with Gasteiger partial charge in [0.2, 0.25) is 0 Å². The Balaban J connectivity index is 1.72. The van der Waals surface area contributed by atoms with Gasteiger partial charge in [-0.3, -0.25) is 0 Å². The van der Waals surface area contributed by atoms with Crippen LogP contribution >= 0.6 is 15.9 Å². The number of imidazole rings is 1. The minimum Gasteiger partial charge on any atom is -0.354 e. The van der Waals surface area contributed by atoms with Crippen LogP contribution in [0.15, 0.2) is 77.8 Å². The fourth-order valence-electron chi connectivity index (χ4n) is 2.96. The zero-order valence-electron chi connectivity index (χ0n) is 11.9. The quantitative estimate of drug-likeness (QED) is 0.653. The van der Waals surface area contributed by atoms with Gasteiger partial charge in [0.1, 0.15) is 11.7 Å². The maximum atomic E-state index is 6.23. The fraction of sp³-hybridized carbons (Fsp3) is 0.167. The predicted molar refractivity (Wildman–Crippen MR) is 88.3 cm³/mol. The monoisotopic (exact) mass is 354 g/mol. The predicted octanol–water partition coefficient (Wildman–Crippen LogP) is 4.31. The van der Waals surface area contributed by atoms with Crippen LogP contribution in [-0.4, -0.2) is 9.55 Å². The first-order chi connectivity index (χ1) is 10.8. The zero-order chi connectivity index (χ0) is 15.0. The number of rotatable bonds is 4. The molecule has 110 valence electrons. The van der Waals surface area contributed by atoms with Crippen molar-refractivity contribution in [3.63, 3.8) is 0 Å². The highest BCUT2D eigenvalue weighted by molar-refractivity contribution is 9.10. The molecule has 0 bridgehead atoms. The molecule has 1 aliphatic rings. The molecule has 0 saturated carbocycles. The van der Waals surface area contributed by atoms with E-state index in [0.717, 1.165) is 11.0 Å². The summed E-state index contributed by atoms with van der Waals surface area (Å²) in [5.74, 6) is 0. The zero-order valence-corrected chi connectivity index (χ0v) is 13.5. The molecule has 1 fully saturated rings. The summed E-state index contributed by atoms with van der Waals surface area (Å²) in [5, 5.41) is 0. The molecule has 3 aromatic rings. The van der Waals surface area contributed by atoms with Gasteiger partial charge in [0.05, 0.1) is 12.9 Å². The second kappa shape index (κ2) is 5.38. The number of halogens is 1. The number of hydrogen-bond donors (Lipinski definition) is 0. The van der Waals surface area contributed by atoms with Crippen LogP contribution in [0.1, 0.15) is 17.2 Å². The molecule has 4 heteroatoms. The molecular formula is C18H15BrN2O. The van der Waals surface area contributed by atoms with Crippen molar-refractivity contribution in [1.82, 2.24) is 9.55 Å². The highest BCUT2D eigenvalue weighted by Gasteiger charge is 2.58. The van der Waals surface area contributed by atoms with Gasteiger partial charge in [-0.25, -0.2) is 4.98 Å². The van der Waals surface area contributed by atoms with Gasteiger partial charge >= 0.3 is 0 Å². The standard InChI is InChI=1S/C18H15BrN2O/c19-16-8-6-15(7-9-16)18(12-21-11-10-20-13-21)17(22-18)14-4-2-1-3-5-14/h1-11,13,17H,12H2. The minimum absolute atomic E-state index is 0.0808. The van der Waals surface area contributed by atoms with Crippen LogP contribution in [-0.2, 0) is 16.9 Å². The van der Waals surface area contributed by atoms with Crippen LogP contribution in [0.5, 0.6) is 0 Å². The van der Waals surface area contributed by atoms with Crippen molar-refractivity contribution in [2.45, 2.75) is 18.2 Å². The summed E-state index contributed by atoms with van der Waals surface area (Å²) in [6.07, 6.45) is 5.70. The summed E-state index contributed by atoms with van der Waals surface area (Å²) >= 11 is 3.50. The average molecular weight is 355 g/mol. The third-order valence-corrected chi connectivity index (χ3v) is 4.63. The smallest absolute Gasteiger partial charge is 0.142 e. The lowest BCUT2D eigenvalue weighted by Gasteiger charge is -2.15. The molecule has 0 N–H and O–H groups in total. The van der Waals surface area contributed by atoms with Gasteiger partial charge in [0, 0.05) is 16.9 Å². The molecule has 0 aliphatic carbocycles. The lowest BCUT2D eigenvalue weighted by atomic mass is 9.91. The van der Waals surface area contributed by atoms with Crippen molar-refractivity contribution in [2.24, 2.45) is 0 Å². The summed E-state index contributed by atoms with van der Waals surface area (Å²) in [6, 6.07) is 18.8. The van der Waals surface area contributed by atoms with Crippen LogP contribution in [0, 0.1) is 0 Å². The first-order valence-corrected chi connectivity index (χ1v) is 8.02. The Morgan fingerprint density at radius 3 is 2.55 bits per heavy atom. The van der Waals surface area contributed by atoms with Gasteiger partial charge in [-0.2, -0.15) is 0 Å². The molecule has 2 unspecified atom stereocenters. The first-order valence-electron chi connectivity index (χ1n) is 7.22. The second-order valence-electron chi connectivity index (χ2n) is 5.54. The number of nitrogens with zero attached hydrogens (tertiary/aromatic N) is 2. The third kappa shape index (κ3) is 2.38. The number of aromatic nitrogens is 2. The molecule has 4 rings (SSSR count). The molecule has 2 aromatic carbocycles. The van der Waals surface area contributed by atoms with Gasteiger partial charge in [-0.1, -0.05) is 58.4 Å². The molecule has 3 nitrogen and oxygen atoms in total. The van der Waals surface area contributed by atoms with Crippen LogP contribution in [0.2, 0.25) is 0 Å². The average Bonchev–Trinajstić information content (AvgIpc) is 3.04. The fourth-order valence-corrected chi connectivity index (χ4v) is 3.22. The molecule has 2 atom stereocenters. The van der Waals surface area contributed by atoms with Crippen molar-refractivity contribution >= 4 is 15.9 Å². The summed E-state index contributed by atoms with van der Waals surface area (Å²) in [6.45, 7) is 0.758. The molecule has 1 aromatic heterocycles. The summed E-state index contributed by atoms with van der Waals surface area (Å²) in [4.78, 5) is 4.14. The van der Waals surface area contributed by atoms with Crippen molar-refractivity contribution in [2.75, 3.05) is 0 Å². The topological polar surface area (TPSA) is 30.4 Å². The van der Waals surface area contributed by atoms with E-state index >= 15 is 0 Å². The largest absolute Gasteiger partial charge is 0.354 e. The SMILES string of the molecule is Brc1ccc(C2(Cn3ccnc3)OC2c2ccccc2)cc1. The summed E-state index contributed by atoms with van der Waals surface area (Å²) < 4.78 is 9.38. The Labute approximate surface area is 137 Å². The van der Waals surface area contributed by atoms with Crippen LogP contribution in [0.25, 0.3) is 0 Å². The molecule has 1 saturated heterocycles. The van der Waals surface area contributed by atoms with Crippen LogP contribution in [0.4, 0.5) is 0 Å². The molecule has 0 radical (unpaired) electrons. The third-order valence-electron chi connectivity index (χ3n) is 4.11. The van der Waals surface area contributed by atoms with Gasteiger partial charge in [0.15, 0.2) is 0 Å². The van der Waals surface area contributed by atoms with E-state index in [1.165, 1.54) is 11.1 Å². The Kier molecular flexibility index (Phi) is 3.36. The highest BCUT2D eigenvalue weighted by atomic mass is 79.9. The van der Waals surface area contributed by atoms with Crippen molar-refractivity contribution in [1.29, 1.82) is 0 Å².